The topological polar surface area (TPSA) is 81.9 Å². The number of pyridine rings is 1. The number of nitrogens with zero attached hydrogens (tertiary/aromatic N) is 4. The highest BCUT2D eigenvalue weighted by Crippen LogP contribution is 2.28. The predicted molar refractivity (Wildman–Crippen MR) is 104 cm³/mol. The van der Waals surface area contributed by atoms with Crippen LogP contribution in [0.3, 0.4) is 0 Å². The van der Waals surface area contributed by atoms with E-state index in [-0.39, 0.29) is 0 Å². The average Bonchev–Trinajstić information content (AvgIpc) is 3.08. The molecule has 0 aliphatic rings. The van der Waals surface area contributed by atoms with Crippen LogP contribution in [0, 0.1) is 11.3 Å². The zero-order valence-corrected chi connectivity index (χ0v) is 15.5. The molecular weight excluding hydrogens is 346 g/mol. The quantitative estimate of drug-likeness (QED) is 0.719. The molecule has 2 heterocycles. The lowest BCUT2D eigenvalue weighted by molar-refractivity contribution is -0.116. The van der Waals surface area contributed by atoms with Crippen molar-refractivity contribution in [2.45, 2.75) is 19.8 Å². The summed E-state index contributed by atoms with van der Waals surface area (Å²) in [5, 5.41) is 12.7. The molecule has 0 fully saturated rings. The predicted octanol–water partition coefficient (Wildman–Crippen LogP) is 3.78. The summed E-state index contributed by atoms with van der Waals surface area (Å²) in [6.07, 6.45) is 1.61. The van der Waals surface area contributed by atoms with Gasteiger partial charge in [-0.3, -0.25) is 4.79 Å². The number of para-hydroxylation sites is 1. The summed E-state index contributed by atoms with van der Waals surface area (Å²) >= 11 is 1.36. The van der Waals surface area contributed by atoms with E-state index in [0.717, 1.165) is 29.1 Å². The molecule has 6 nitrogen and oxygen atoms in total. The molecule has 0 spiro atoms. The molecule has 1 amide bonds. The van der Waals surface area contributed by atoms with Crippen LogP contribution < -0.4 is 10.2 Å². The standard InChI is InChI=1S/C19H19N5OS/c1-3-24(4-2)17-10-9-13(12-21-17)22-18(25)14(11-20)19-23-15-7-5-6-8-16(15)26-19/h5-10,12,14H,3-4H2,1-2H3,(H,22,25)/t14-/m0/s1. The van der Waals surface area contributed by atoms with Crippen molar-refractivity contribution in [1.29, 1.82) is 5.26 Å². The maximum atomic E-state index is 12.5. The van der Waals surface area contributed by atoms with E-state index in [1.165, 1.54) is 11.3 Å². The van der Waals surface area contributed by atoms with Crippen molar-refractivity contribution >= 4 is 39.0 Å². The maximum Gasteiger partial charge on any atom is 0.248 e. The molecule has 3 aromatic rings. The molecule has 0 aliphatic carbocycles. The van der Waals surface area contributed by atoms with Crippen LogP contribution in [-0.4, -0.2) is 29.0 Å². The van der Waals surface area contributed by atoms with Crippen molar-refractivity contribution in [3.8, 4) is 6.07 Å². The summed E-state index contributed by atoms with van der Waals surface area (Å²) in [4.78, 5) is 23.5. The number of nitrogens with one attached hydrogen (secondary N) is 1. The minimum Gasteiger partial charge on any atom is -0.357 e. The van der Waals surface area contributed by atoms with Crippen molar-refractivity contribution in [3.05, 3.63) is 47.6 Å². The molecule has 7 heteroatoms. The van der Waals surface area contributed by atoms with E-state index >= 15 is 0 Å². The van der Waals surface area contributed by atoms with Gasteiger partial charge in [0.25, 0.3) is 0 Å². The minimum atomic E-state index is -0.949. The van der Waals surface area contributed by atoms with Gasteiger partial charge in [0.1, 0.15) is 10.8 Å². The lowest BCUT2D eigenvalue weighted by atomic mass is 10.1. The molecule has 26 heavy (non-hydrogen) atoms. The van der Waals surface area contributed by atoms with Gasteiger partial charge in [0.15, 0.2) is 5.92 Å². The maximum absolute atomic E-state index is 12.5. The Bertz CT molecular complexity index is 907. The molecule has 0 radical (unpaired) electrons. The van der Waals surface area contributed by atoms with Gasteiger partial charge in [0.05, 0.1) is 28.2 Å². The highest BCUT2D eigenvalue weighted by molar-refractivity contribution is 7.18. The summed E-state index contributed by atoms with van der Waals surface area (Å²) in [7, 11) is 0. The van der Waals surface area contributed by atoms with Gasteiger partial charge in [-0.15, -0.1) is 11.3 Å². The van der Waals surface area contributed by atoms with Crippen LogP contribution in [-0.2, 0) is 4.79 Å². The van der Waals surface area contributed by atoms with Crippen LogP contribution in [0.5, 0.6) is 0 Å². The summed E-state index contributed by atoms with van der Waals surface area (Å²) in [6, 6.07) is 13.3. The van der Waals surface area contributed by atoms with Gasteiger partial charge in [-0.2, -0.15) is 5.26 Å². The zero-order chi connectivity index (χ0) is 18.5. The Morgan fingerprint density at radius 1 is 1.27 bits per heavy atom. The molecule has 0 bridgehead atoms. The molecule has 0 aliphatic heterocycles. The Morgan fingerprint density at radius 3 is 2.65 bits per heavy atom. The first kappa shape index (κ1) is 17.8. The van der Waals surface area contributed by atoms with E-state index < -0.39 is 11.8 Å². The smallest absolute Gasteiger partial charge is 0.248 e. The molecule has 1 N–H and O–H groups in total. The largest absolute Gasteiger partial charge is 0.357 e. The van der Waals surface area contributed by atoms with Gasteiger partial charge in [-0.25, -0.2) is 9.97 Å². The second kappa shape index (κ2) is 7.93. The molecule has 1 aromatic carbocycles. The molecule has 0 unspecified atom stereocenters. The summed E-state index contributed by atoms with van der Waals surface area (Å²) in [5.41, 5.74) is 1.36. The Hall–Kier alpha value is -2.98. The number of thiazole rings is 1. The van der Waals surface area contributed by atoms with E-state index in [1.807, 2.05) is 30.3 Å². The normalized spacial score (nSPS) is 11.7. The fraction of sp³-hybridized carbons (Fsp3) is 0.263. The summed E-state index contributed by atoms with van der Waals surface area (Å²) < 4.78 is 0.959. The Balaban J connectivity index is 1.76. The van der Waals surface area contributed by atoms with Crippen molar-refractivity contribution in [1.82, 2.24) is 9.97 Å². The van der Waals surface area contributed by atoms with Gasteiger partial charge in [-0.05, 0) is 38.1 Å². The lowest BCUT2D eigenvalue weighted by Gasteiger charge is -2.19. The highest BCUT2D eigenvalue weighted by Gasteiger charge is 2.24. The van der Waals surface area contributed by atoms with Crippen molar-refractivity contribution in [3.63, 3.8) is 0 Å². The van der Waals surface area contributed by atoms with Crippen molar-refractivity contribution in [2.24, 2.45) is 0 Å². The lowest BCUT2D eigenvalue weighted by Crippen LogP contribution is -2.23. The second-order valence-corrected chi connectivity index (χ2v) is 6.71. The van der Waals surface area contributed by atoms with Crippen LogP contribution in [0.4, 0.5) is 11.5 Å². The number of amides is 1. The summed E-state index contributed by atoms with van der Waals surface area (Å²) in [6.45, 7) is 5.86. The first-order valence-corrected chi connectivity index (χ1v) is 9.24. The fourth-order valence-electron chi connectivity index (χ4n) is 2.65. The van der Waals surface area contributed by atoms with Crippen LogP contribution in [0.1, 0.15) is 24.8 Å². The SMILES string of the molecule is CCN(CC)c1ccc(NC(=O)[C@H](C#N)c2nc3ccccc3s2)cn1. The number of aromatic nitrogens is 2. The number of rotatable bonds is 6. The number of carbonyl (C=O) groups excluding carboxylic acids is 1. The van der Waals surface area contributed by atoms with Gasteiger partial charge in [-0.1, -0.05) is 12.1 Å². The van der Waals surface area contributed by atoms with Crippen molar-refractivity contribution < 1.29 is 4.79 Å². The number of carbonyl (C=O) groups is 1. The Labute approximate surface area is 156 Å². The third-order valence-electron chi connectivity index (χ3n) is 4.05. The van der Waals surface area contributed by atoms with Crippen LogP contribution in [0.15, 0.2) is 42.6 Å². The van der Waals surface area contributed by atoms with E-state index in [0.29, 0.717) is 10.7 Å². The molecule has 132 valence electrons. The number of hydrogen-bond donors (Lipinski definition) is 1. The number of fused-ring (bicyclic) bond motifs is 1. The van der Waals surface area contributed by atoms with E-state index in [2.05, 4.69) is 40.1 Å². The number of nitriles is 1. The van der Waals surface area contributed by atoms with Gasteiger partial charge in [0.2, 0.25) is 5.91 Å². The minimum absolute atomic E-state index is 0.399. The van der Waals surface area contributed by atoms with Gasteiger partial charge < -0.3 is 10.2 Å². The fourth-order valence-corrected chi connectivity index (χ4v) is 3.66. The molecule has 0 saturated carbocycles. The van der Waals surface area contributed by atoms with Crippen molar-refractivity contribution in [2.75, 3.05) is 23.3 Å². The van der Waals surface area contributed by atoms with Crippen LogP contribution in [0.2, 0.25) is 0 Å². The molecule has 2 aromatic heterocycles. The molecule has 1 atom stereocenters. The Kier molecular flexibility index (Phi) is 5.44. The van der Waals surface area contributed by atoms with E-state index in [9.17, 15) is 10.1 Å². The van der Waals surface area contributed by atoms with Gasteiger partial charge >= 0.3 is 0 Å². The first-order valence-electron chi connectivity index (χ1n) is 8.43. The molecule has 3 rings (SSSR count). The van der Waals surface area contributed by atoms with Crippen LogP contribution >= 0.6 is 11.3 Å². The Morgan fingerprint density at radius 2 is 2.04 bits per heavy atom. The van der Waals surface area contributed by atoms with Gasteiger partial charge in [0, 0.05) is 13.1 Å². The average molecular weight is 365 g/mol. The zero-order valence-electron chi connectivity index (χ0n) is 14.6. The number of hydrogen-bond acceptors (Lipinski definition) is 6. The molecular formula is C19H19N5OS. The van der Waals surface area contributed by atoms with E-state index in [4.69, 9.17) is 0 Å². The molecule has 0 saturated heterocycles. The van der Waals surface area contributed by atoms with Crippen LogP contribution in [0.25, 0.3) is 10.2 Å². The highest BCUT2D eigenvalue weighted by atomic mass is 32.1. The summed E-state index contributed by atoms with van der Waals surface area (Å²) in [5.74, 6) is -0.491. The number of benzene rings is 1. The first-order chi connectivity index (χ1) is 12.7. The monoisotopic (exact) mass is 365 g/mol. The second-order valence-electron chi connectivity index (χ2n) is 5.65. The third-order valence-corrected chi connectivity index (χ3v) is 5.15. The van der Waals surface area contributed by atoms with E-state index in [1.54, 1.807) is 12.3 Å². The third kappa shape index (κ3) is 3.65. The number of anilines is 2.